The van der Waals surface area contributed by atoms with Crippen LogP contribution in [-0.2, 0) is 6.42 Å². The van der Waals surface area contributed by atoms with Crippen LogP contribution in [0, 0.1) is 17.8 Å². The Labute approximate surface area is 98.0 Å². The monoisotopic (exact) mass is 215 g/mol. The molecular formula is C15H21N. The SMILES string of the molecule is CC(C)C1Cc2cccc(N)c2C2CCC21. The molecule has 16 heavy (non-hydrogen) atoms. The Balaban J connectivity index is 2.04. The third kappa shape index (κ3) is 1.30. The van der Waals surface area contributed by atoms with Gasteiger partial charge in [-0.3, -0.25) is 0 Å². The Morgan fingerprint density at radius 2 is 2.06 bits per heavy atom. The van der Waals surface area contributed by atoms with Crippen LogP contribution >= 0.6 is 0 Å². The van der Waals surface area contributed by atoms with E-state index >= 15 is 0 Å². The largest absolute Gasteiger partial charge is 0.398 e. The van der Waals surface area contributed by atoms with E-state index in [1.807, 2.05) is 0 Å². The van der Waals surface area contributed by atoms with Gasteiger partial charge in [0.15, 0.2) is 0 Å². The second-order valence-corrected chi connectivity index (χ2v) is 5.88. The molecule has 0 spiro atoms. The van der Waals surface area contributed by atoms with Crippen molar-refractivity contribution in [3.05, 3.63) is 29.3 Å². The summed E-state index contributed by atoms with van der Waals surface area (Å²) in [4.78, 5) is 0. The summed E-state index contributed by atoms with van der Waals surface area (Å²) in [7, 11) is 0. The number of nitrogen functional groups attached to an aromatic ring is 1. The highest BCUT2D eigenvalue weighted by atomic mass is 14.6. The van der Waals surface area contributed by atoms with Crippen LogP contribution in [0.15, 0.2) is 18.2 Å². The number of benzene rings is 1. The summed E-state index contributed by atoms with van der Waals surface area (Å²) in [5.41, 5.74) is 10.2. The first-order chi connectivity index (χ1) is 7.68. The molecule has 1 nitrogen and oxygen atoms in total. The summed E-state index contributed by atoms with van der Waals surface area (Å²) in [6.45, 7) is 4.74. The molecule has 1 aromatic rings. The molecule has 1 aromatic carbocycles. The Morgan fingerprint density at radius 1 is 1.25 bits per heavy atom. The van der Waals surface area contributed by atoms with Crippen molar-refractivity contribution < 1.29 is 0 Å². The molecule has 0 aliphatic heterocycles. The molecule has 1 fully saturated rings. The molecule has 2 aliphatic rings. The standard InChI is InChI=1S/C15H21N/c1-9(2)13-8-10-4-3-5-14(16)15(10)12-7-6-11(12)13/h3-5,9,11-13H,6-8,16H2,1-2H3. The van der Waals surface area contributed by atoms with E-state index in [1.54, 1.807) is 0 Å². The minimum absolute atomic E-state index is 0.775. The smallest absolute Gasteiger partial charge is 0.0352 e. The van der Waals surface area contributed by atoms with Crippen LogP contribution in [-0.4, -0.2) is 0 Å². The zero-order valence-corrected chi connectivity index (χ0v) is 10.2. The van der Waals surface area contributed by atoms with Crippen LogP contribution in [0.4, 0.5) is 5.69 Å². The van der Waals surface area contributed by atoms with Crippen molar-refractivity contribution in [2.45, 2.75) is 39.0 Å². The molecule has 0 bridgehead atoms. The Hall–Kier alpha value is -0.980. The van der Waals surface area contributed by atoms with E-state index in [0.29, 0.717) is 0 Å². The van der Waals surface area contributed by atoms with Crippen molar-refractivity contribution in [2.75, 3.05) is 5.73 Å². The number of nitrogens with two attached hydrogens (primary N) is 1. The molecule has 1 heteroatoms. The third-order valence-corrected chi connectivity index (χ3v) is 4.79. The van der Waals surface area contributed by atoms with Crippen LogP contribution < -0.4 is 5.73 Å². The fraction of sp³-hybridized carbons (Fsp3) is 0.600. The molecule has 3 atom stereocenters. The van der Waals surface area contributed by atoms with Gasteiger partial charge in [0.25, 0.3) is 0 Å². The highest BCUT2D eigenvalue weighted by Gasteiger charge is 2.44. The van der Waals surface area contributed by atoms with Crippen molar-refractivity contribution >= 4 is 5.69 Å². The summed E-state index contributed by atoms with van der Waals surface area (Å²) in [6, 6.07) is 6.48. The van der Waals surface area contributed by atoms with Gasteiger partial charge in [-0.2, -0.15) is 0 Å². The van der Waals surface area contributed by atoms with E-state index in [1.165, 1.54) is 30.4 Å². The van der Waals surface area contributed by atoms with Gasteiger partial charge >= 0.3 is 0 Å². The Bertz CT molecular complexity index is 408. The van der Waals surface area contributed by atoms with Crippen LogP contribution in [0.25, 0.3) is 0 Å². The molecule has 86 valence electrons. The molecule has 0 amide bonds. The lowest BCUT2D eigenvalue weighted by atomic mass is 9.56. The normalized spacial score (nSPS) is 31.8. The molecule has 1 saturated carbocycles. The van der Waals surface area contributed by atoms with Crippen LogP contribution in [0.5, 0.6) is 0 Å². The number of hydrogen-bond donors (Lipinski definition) is 1. The third-order valence-electron chi connectivity index (χ3n) is 4.79. The number of anilines is 1. The minimum Gasteiger partial charge on any atom is -0.398 e. The maximum Gasteiger partial charge on any atom is 0.0352 e. The zero-order valence-electron chi connectivity index (χ0n) is 10.2. The maximum atomic E-state index is 6.15. The Kier molecular flexibility index (Phi) is 2.24. The van der Waals surface area contributed by atoms with Gasteiger partial charge in [0.1, 0.15) is 0 Å². The van der Waals surface area contributed by atoms with Gasteiger partial charge in [-0.15, -0.1) is 0 Å². The topological polar surface area (TPSA) is 26.0 Å². The van der Waals surface area contributed by atoms with Gasteiger partial charge in [-0.25, -0.2) is 0 Å². The fourth-order valence-corrected chi connectivity index (χ4v) is 3.80. The summed E-state index contributed by atoms with van der Waals surface area (Å²) < 4.78 is 0. The molecule has 3 rings (SSSR count). The summed E-state index contributed by atoms with van der Waals surface area (Å²) in [6.07, 6.45) is 4.02. The van der Waals surface area contributed by atoms with Gasteiger partial charge in [0.05, 0.1) is 0 Å². The molecule has 3 unspecified atom stereocenters. The summed E-state index contributed by atoms with van der Waals surface area (Å²) >= 11 is 0. The van der Waals surface area contributed by atoms with Crippen LogP contribution in [0.3, 0.4) is 0 Å². The van der Waals surface area contributed by atoms with E-state index in [4.69, 9.17) is 5.73 Å². The van der Waals surface area contributed by atoms with Gasteiger partial charge in [0, 0.05) is 5.69 Å². The lowest BCUT2D eigenvalue weighted by Crippen LogP contribution is -2.39. The maximum absolute atomic E-state index is 6.15. The predicted octanol–water partition coefficient (Wildman–Crippen LogP) is 3.59. The van der Waals surface area contributed by atoms with Gasteiger partial charge in [-0.1, -0.05) is 26.0 Å². The van der Waals surface area contributed by atoms with Crippen molar-refractivity contribution in [1.29, 1.82) is 0 Å². The number of hydrogen-bond acceptors (Lipinski definition) is 1. The molecule has 0 saturated heterocycles. The van der Waals surface area contributed by atoms with Gasteiger partial charge in [-0.05, 0) is 60.1 Å². The Morgan fingerprint density at radius 3 is 2.69 bits per heavy atom. The van der Waals surface area contributed by atoms with Crippen molar-refractivity contribution in [2.24, 2.45) is 17.8 Å². The van der Waals surface area contributed by atoms with Crippen LogP contribution in [0.2, 0.25) is 0 Å². The second kappa shape index (κ2) is 3.51. The number of fused-ring (bicyclic) bond motifs is 3. The molecular weight excluding hydrogens is 194 g/mol. The predicted molar refractivity (Wildman–Crippen MR) is 68.4 cm³/mol. The molecule has 2 N–H and O–H groups in total. The van der Waals surface area contributed by atoms with Crippen molar-refractivity contribution in [3.63, 3.8) is 0 Å². The van der Waals surface area contributed by atoms with Gasteiger partial charge < -0.3 is 5.73 Å². The average molecular weight is 215 g/mol. The summed E-state index contributed by atoms with van der Waals surface area (Å²) in [5.74, 6) is 3.38. The molecule has 0 radical (unpaired) electrons. The van der Waals surface area contributed by atoms with Gasteiger partial charge in [0.2, 0.25) is 0 Å². The molecule has 0 aromatic heterocycles. The second-order valence-electron chi connectivity index (χ2n) is 5.88. The lowest BCUT2D eigenvalue weighted by Gasteiger charge is -2.49. The first-order valence-corrected chi connectivity index (χ1v) is 6.55. The van der Waals surface area contributed by atoms with E-state index in [2.05, 4.69) is 32.0 Å². The van der Waals surface area contributed by atoms with Crippen LogP contribution in [0.1, 0.15) is 43.7 Å². The quantitative estimate of drug-likeness (QED) is 0.712. The highest BCUT2D eigenvalue weighted by molar-refractivity contribution is 5.55. The zero-order chi connectivity index (χ0) is 11.3. The average Bonchev–Trinajstić information content (AvgIpc) is 2.18. The van der Waals surface area contributed by atoms with E-state index in [-0.39, 0.29) is 0 Å². The number of rotatable bonds is 1. The fourth-order valence-electron chi connectivity index (χ4n) is 3.80. The molecule has 2 aliphatic carbocycles. The molecule has 0 heterocycles. The van der Waals surface area contributed by atoms with Crippen molar-refractivity contribution in [3.8, 4) is 0 Å². The lowest BCUT2D eigenvalue weighted by molar-refractivity contribution is 0.111. The van der Waals surface area contributed by atoms with E-state index in [9.17, 15) is 0 Å². The highest BCUT2D eigenvalue weighted by Crippen LogP contribution is 2.55. The first kappa shape index (κ1) is 10.2. The first-order valence-electron chi connectivity index (χ1n) is 6.55. The van der Waals surface area contributed by atoms with E-state index < -0.39 is 0 Å². The van der Waals surface area contributed by atoms with Crippen molar-refractivity contribution in [1.82, 2.24) is 0 Å². The summed E-state index contributed by atoms with van der Waals surface area (Å²) in [5, 5.41) is 0. The minimum atomic E-state index is 0.775. The van der Waals surface area contributed by atoms with E-state index in [0.717, 1.165) is 29.4 Å².